The first-order valence-corrected chi connectivity index (χ1v) is 11.4. The second kappa shape index (κ2) is 11.3. The molecule has 1 fully saturated rings. The van der Waals surface area contributed by atoms with Crippen molar-refractivity contribution in [2.45, 2.75) is 38.6 Å². The molecule has 0 aromatic carbocycles. The third kappa shape index (κ3) is 8.65. The van der Waals surface area contributed by atoms with Crippen molar-refractivity contribution >= 4 is 38.4 Å². The van der Waals surface area contributed by atoms with Crippen LogP contribution >= 0.6 is 12.4 Å². The third-order valence-electron chi connectivity index (χ3n) is 3.90. The largest absolute Gasteiger partial charge is 0.354 e. The highest BCUT2D eigenvalue weighted by atomic mass is 35.5. The highest BCUT2D eigenvalue weighted by Gasteiger charge is 2.32. The number of rotatable bonds is 10. The Morgan fingerprint density at radius 1 is 1.24 bits per heavy atom. The zero-order valence-corrected chi connectivity index (χ0v) is 16.9. The van der Waals surface area contributed by atoms with Gasteiger partial charge in [-0.2, -0.15) is 4.31 Å². The van der Waals surface area contributed by atoms with Crippen molar-refractivity contribution in [3.05, 3.63) is 0 Å². The van der Waals surface area contributed by atoms with Crippen LogP contribution in [0.2, 0.25) is 0 Å². The Hall–Kier alpha value is -0.460. The number of nitrogens with zero attached hydrogens (tertiary/aromatic N) is 1. The van der Waals surface area contributed by atoms with Gasteiger partial charge in [0.05, 0.1) is 11.5 Å². The Morgan fingerprint density at radius 2 is 1.92 bits per heavy atom. The molecule has 0 bridgehead atoms. The zero-order chi connectivity index (χ0) is 18.2. The van der Waals surface area contributed by atoms with E-state index in [9.17, 15) is 21.6 Å². The molecule has 25 heavy (non-hydrogen) atoms. The van der Waals surface area contributed by atoms with Crippen LogP contribution in [0, 0.1) is 0 Å². The molecule has 1 saturated heterocycles. The van der Waals surface area contributed by atoms with Crippen molar-refractivity contribution in [2.24, 2.45) is 5.73 Å². The van der Waals surface area contributed by atoms with Crippen molar-refractivity contribution in [2.75, 3.05) is 37.7 Å². The summed E-state index contributed by atoms with van der Waals surface area (Å²) in [5.74, 6) is -0.581. The zero-order valence-electron chi connectivity index (χ0n) is 14.4. The topological polar surface area (TPSA) is 139 Å². The predicted octanol–water partition coefficient (Wildman–Crippen LogP) is -1.00. The highest BCUT2D eigenvalue weighted by Crippen LogP contribution is 2.20. The molecule has 1 amide bonds. The minimum atomic E-state index is -3.59. The number of hydrogen-bond acceptors (Lipinski definition) is 6. The van der Waals surface area contributed by atoms with E-state index in [4.69, 9.17) is 5.73 Å². The first kappa shape index (κ1) is 24.5. The minimum absolute atomic E-state index is 0. The fourth-order valence-corrected chi connectivity index (χ4v) is 4.92. The van der Waals surface area contributed by atoms with Gasteiger partial charge in [0.2, 0.25) is 26.0 Å². The van der Waals surface area contributed by atoms with E-state index in [1.807, 2.05) is 0 Å². The molecule has 1 rings (SSSR count). The van der Waals surface area contributed by atoms with Crippen LogP contribution in [0.1, 0.15) is 32.6 Å². The number of amides is 1. The summed E-state index contributed by atoms with van der Waals surface area (Å²) >= 11 is 0. The van der Waals surface area contributed by atoms with Crippen LogP contribution in [-0.2, 0) is 24.8 Å². The number of carbonyl (C=O) groups is 1. The summed E-state index contributed by atoms with van der Waals surface area (Å²) in [6.45, 7) is 2.22. The molecule has 0 aliphatic carbocycles. The van der Waals surface area contributed by atoms with Crippen molar-refractivity contribution in [3.63, 3.8) is 0 Å². The number of sulfonamides is 2. The molecule has 1 aliphatic rings. The van der Waals surface area contributed by atoms with Gasteiger partial charge >= 0.3 is 0 Å². The minimum Gasteiger partial charge on any atom is -0.354 e. The van der Waals surface area contributed by atoms with E-state index in [-0.39, 0.29) is 61.9 Å². The third-order valence-corrected chi connectivity index (χ3v) is 7.22. The van der Waals surface area contributed by atoms with Gasteiger partial charge in [-0.05, 0) is 19.8 Å². The summed E-state index contributed by atoms with van der Waals surface area (Å²) in [5, 5.41) is 2.71. The number of piperidine rings is 1. The van der Waals surface area contributed by atoms with E-state index in [0.717, 1.165) is 12.8 Å². The molecule has 1 aliphatic heterocycles. The molecule has 0 radical (unpaired) electrons. The molecule has 1 heterocycles. The molecular formula is C13H29ClN4O5S2. The second-order valence-corrected chi connectivity index (χ2v) is 9.85. The number of halogens is 1. The quantitative estimate of drug-likeness (QED) is 0.414. The van der Waals surface area contributed by atoms with E-state index in [1.54, 1.807) is 0 Å². The van der Waals surface area contributed by atoms with Gasteiger partial charge in [0.25, 0.3) is 0 Å². The summed E-state index contributed by atoms with van der Waals surface area (Å²) in [7, 11) is -7.01. The maximum absolute atomic E-state index is 12.5. The molecule has 0 spiro atoms. The molecule has 0 aromatic heterocycles. The average Bonchev–Trinajstić information content (AvgIpc) is 2.53. The lowest BCUT2D eigenvalue weighted by atomic mass is 10.1. The smallest absolute Gasteiger partial charge is 0.221 e. The fourth-order valence-electron chi connectivity index (χ4n) is 2.54. The molecule has 1 unspecified atom stereocenters. The van der Waals surface area contributed by atoms with Gasteiger partial charge in [-0.15, -0.1) is 12.4 Å². The summed E-state index contributed by atoms with van der Waals surface area (Å²) in [6.07, 6.45) is 2.53. The Morgan fingerprint density at radius 3 is 2.52 bits per heavy atom. The van der Waals surface area contributed by atoms with Crippen molar-refractivity contribution in [3.8, 4) is 0 Å². The highest BCUT2D eigenvalue weighted by molar-refractivity contribution is 7.90. The van der Waals surface area contributed by atoms with E-state index < -0.39 is 20.0 Å². The van der Waals surface area contributed by atoms with Crippen LogP contribution in [0.3, 0.4) is 0 Å². The fraction of sp³-hybridized carbons (Fsp3) is 0.923. The average molecular weight is 421 g/mol. The first-order valence-electron chi connectivity index (χ1n) is 8.15. The van der Waals surface area contributed by atoms with Crippen molar-refractivity contribution in [1.82, 2.24) is 14.3 Å². The molecule has 150 valence electrons. The molecule has 9 nitrogen and oxygen atoms in total. The molecule has 0 saturated carbocycles. The Kier molecular flexibility index (Phi) is 11.1. The van der Waals surface area contributed by atoms with Crippen LogP contribution in [0.4, 0.5) is 0 Å². The Labute approximate surface area is 156 Å². The lowest BCUT2D eigenvalue weighted by Gasteiger charge is -2.34. The van der Waals surface area contributed by atoms with Crippen molar-refractivity contribution in [1.29, 1.82) is 0 Å². The normalized spacial score (nSPS) is 19.2. The lowest BCUT2D eigenvalue weighted by Crippen LogP contribution is -2.51. The van der Waals surface area contributed by atoms with Gasteiger partial charge in [0.15, 0.2) is 0 Å². The van der Waals surface area contributed by atoms with Crippen LogP contribution in [0.5, 0.6) is 0 Å². The summed E-state index contributed by atoms with van der Waals surface area (Å²) in [5.41, 5.74) is 5.31. The SMILES string of the molecule is CCS(=O)(=O)NCCS(=O)(=O)N1CCCCC1CNC(=O)CCN.Cl. The standard InChI is InChI=1S/C13H28N4O5S2.ClH/c1-2-23(19,20)16-8-10-24(21,22)17-9-4-3-5-12(17)11-15-13(18)6-7-14;/h12,16H,2-11,14H2,1H3,(H,15,18);1H. The summed E-state index contributed by atoms with van der Waals surface area (Å²) in [6, 6.07) is -0.298. The van der Waals surface area contributed by atoms with Gasteiger partial charge in [0, 0.05) is 38.6 Å². The van der Waals surface area contributed by atoms with Crippen LogP contribution in [-0.4, -0.2) is 70.8 Å². The predicted molar refractivity (Wildman–Crippen MR) is 99.5 cm³/mol. The van der Waals surface area contributed by atoms with Crippen LogP contribution in [0.15, 0.2) is 0 Å². The molecule has 12 heteroatoms. The molecule has 1 atom stereocenters. The van der Waals surface area contributed by atoms with E-state index >= 15 is 0 Å². The maximum Gasteiger partial charge on any atom is 0.221 e. The van der Waals surface area contributed by atoms with E-state index in [2.05, 4.69) is 10.0 Å². The van der Waals surface area contributed by atoms with Gasteiger partial charge in [0.1, 0.15) is 0 Å². The monoisotopic (exact) mass is 420 g/mol. The van der Waals surface area contributed by atoms with Gasteiger partial charge < -0.3 is 11.1 Å². The number of nitrogens with two attached hydrogens (primary N) is 1. The summed E-state index contributed by atoms with van der Waals surface area (Å²) in [4.78, 5) is 11.5. The number of nitrogens with one attached hydrogen (secondary N) is 2. The number of hydrogen-bond donors (Lipinski definition) is 3. The van der Waals surface area contributed by atoms with E-state index in [0.29, 0.717) is 13.0 Å². The van der Waals surface area contributed by atoms with Crippen molar-refractivity contribution < 1.29 is 21.6 Å². The number of carbonyl (C=O) groups excluding carboxylic acids is 1. The van der Waals surface area contributed by atoms with Gasteiger partial charge in [-0.1, -0.05) is 6.42 Å². The lowest BCUT2D eigenvalue weighted by molar-refractivity contribution is -0.121. The van der Waals surface area contributed by atoms with Gasteiger partial charge in [-0.3, -0.25) is 4.79 Å². The molecular weight excluding hydrogens is 392 g/mol. The van der Waals surface area contributed by atoms with Crippen LogP contribution < -0.4 is 15.8 Å². The van der Waals surface area contributed by atoms with Crippen LogP contribution in [0.25, 0.3) is 0 Å². The second-order valence-electron chi connectivity index (χ2n) is 5.72. The Bertz CT molecular complexity index is 612. The summed E-state index contributed by atoms with van der Waals surface area (Å²) < 4.78 is 51.4. The maximum atomic E-state index is 12.5. The molecule has 4 N–H and O–H groups in total. The van der Waals surface area contributed by atoms with E-state index in [1.165, 1.54) is 11.2 Å². The van der Waals surface area contributed by atoms with Gasteiger partial charge in [-0.25, -0.2) is 21.6 Å². The Balaban J connectivity index is 0.00000576. The molecule has 0 aromatic rings. The first-order chi connectivity index (χ1) is 11.2.